The molecule has 0 spiro atoms. The van der Waals surface area contributed by atoms with Gasteiger partial charge in [0.15, 0.2) is 0 Å². The molecule has 0 bridgehead atoms. The van der Waals surface area contributed by atoms with Crippen LogP contribution in [0, 0.1) is 12.8 Å². The molecular formula is C25H33N3O5S2. The van der Waals surface area contributed by atoms with Gasteiger partial charge in [-0.2, -0.15) is 8.61 Å². The molecule has 1 N–H and O–H groups in total. The maximum absolute atomic E-state index is 13.0. The summed E-state index contributed by atoms with van der Waals surface area (Å²) in [5.41, 5.74) is 1.77. The first-order valence-corrected chi connectivity index (χ1v) is 15.0. The molecule has 2 aromatic rings. The van der Waals surface area contributed by atoms with E-state index in [-0.39, 0.29) is 28.8 Å². The van der Waals surface area contributed by atoms with Gasteiger partial charge in [-0.05, 0) is 62.4 Å². The minimum Gasteiger partial charge on any atom is -0.352 e. The third kappa shape index (κ3) is 5.94. The Morgan fingerprint density at radius 1 is 0.800 bits per heavy atom. The van der Waals surface area contributed by atoms with Gasteiger partial charge >= 0.3 is 0 Å². The SMILES string of the molecule is Cc1ccc(S(=O)(=O)N2CCC[C@H](C(=O)NCc3ccc(S(=O)(=O)N4CCCCC4)cc3)C2)cc1. The topological polar surface area (TPSA) is 104 Å². The van der Waals surface area contributed by atoms with Crippen molar-refractivity contribution in [1.29, 1.82) is 0 Å². The zero-order chi connectivity index (χ0) is 25.1. The lowest BCUT2D eigenvalue weighted by Gasteiger charge is -2.31. The van der Waals surface area contributed by atoms with Crippen LogP contribution in [0.25, 0.3) is 0 Å². The summed E-state index contributed by atoms with van der Waals surface area (Å²) >= 11 is 0. The van der Waals surface area contributed by atoms with Gasteiger partial charge in [0.1, 0.15) is 0 Å². The van der Waals surface area contributed by atoms with E-state index in [1.54, 1.807) is 48.5 Å². The van der Waals surface area contributed by atoms with Gasteiger partial charge < -0.3 is 5.32 Å². The maximum Gasteiger partial charge on any atom is 0.243 e. The molecule has 0 radical (unpaired) electrons. The monoisotopic (exact) mass is 519 g/mol. The zero-order valence-corrected chi connectivity index (χ0v) is 21.7. The van der Waals surface area contributed by atoms with Gasteiger partial charge in [0.2, 0.25) is 26.0 Å². The van der Waals surface area contributed by atoms with Crippen LogP contribution in [0.1, 0.15) is 43.2 Å². The summed E-state index contributed by atoms with van der Waals surface area (Å²) in [6.07, 6.45) is 4.06. The quantitative estimate of drug-likeness (QED) is 0.606. The number of sulfonamides is 2. The van der Waals surface area contributed by atoms with E-state index >= 15 is 0 Å². The van der Waals surface area contributed by atoms with Crippen molar-refractivity contribution in [2.45, 2.75) is 55.4 Å². The summed E-state index contributed by atoms with van der Waals surface area (Å²) in [5.74, 6) is -0.624. The fraction of sp³-hybridized carbons (Fsp3) is 0.480. The molecule has 8 nitrogen and oxygen atoms in total. The molecule has 2 aliphatic rings. The molecule has 0 aliphatic carbocycles. The van der Waals surface area contributed by atoms with Gasteiger partial charge in [0, 0.05) is 32.7 Å². The summed E-state index contributed by atoms with van der Waals surface area (Å²) in [4.78, 5) is 13.3. The molecule has 1 atom stereocenters. The molecule has 2 aliphatic heterocycles. The van der Waals surface area contributed by atoms with Crippen molar-refractivity contribution >= 4 is 26.0 Å². The average Bonchev–Trinajstić information content (AvgIpc) is 2.88. The van der Waals surface area contributed by atoms with Gasteiger partial charge in [0.25, 0.3) is 0 Å². The fourth-order valence-corrected chi connectivity index (χ4v) is 7.64. The number of rotatable bonds is 7. The number of nitrogens with one attached hydrogen (secondary N) is 1. The largest absolute Gasteiger partial charge is 0.352 e. The predicted molar refractivity (Wildman–Crippen MR) is 134 cm³/mol. The first-order chi connectivity index (χ1) is 16.7. The van der Waals surface area contributed by atoms with Crippen molar-refractivity contribution < 1.29 is 21.6 Å². The van der Waals surface area contributed by atoms with Crippen molar-refractivity contribution in [3.63, 3.8) is 0 Å². The normalized spacial score (nSPS) is 20.4. The van der Waals surface area contributed by atoms with Crippen LogP contribution < -0.4 is 5.32 Å². The van der Waals surface area contributed by atoms with E-state index in [1.807, 2.05) is 6.92 Å². The van der Waals surface area contributed by atoms with Crippen LogP contribution >= 0.6 is 0 Å². The number of nitrogens with zero attached hydrogens (tertiary/aromatic N) is 2. The first kappa shape index (κ1) is 25.8. The van der Waals surface area contributed by atoms with Crippen molar-refractivity contribution in [3.8, 4) is 0 Å². The van der Waals surface area contributed by atoms with Crippen LogP contribution in [0.3, 0.4) is 0 Å². The van der Waals surface area contributed by atoms with E-state index in [1.165, 1.54) is 8.61 Å². The van der Waals surface area contributed by atoms with Crippen molar-refractivity contribution in [2.75, 3.05) is 26.2 Å². The molecule has 0 saturated carbocycles. The highest BCUT2D eigenvalue weighted by Crippen LogP contribution is 2.25. The second-order valence-electron chi connectivity index (χ2n) is 9.34. The van der Waals surface area contributed by atoms with E-state index in [4.69, 9.17) is 0 Å². The number of carbonyl (C=O) groups excluding carboxylic acids is 1. The van der Waals surface area contributed by atoms with E-state index in [0.29, 0.717) is 32.5 Å². The van der Waals surface area contributed by atoms with Crippen molar-refractivity contribution in [2.24, 2.45) is 5.92 Å². The van der Waals surface area contributed by atoms with Gasteiger partial charge in [-0.25, -0.2) is 16.8 Å². The molecule has 35 heavy (non-hydrogen) atoms. The predicted octanol–water partition coefficient (Wildman–Crippen LogP) is 2.89. The Balaban J connectivity index is 1.34. The van der Waals surface area contributed by atoms with Crippen LogP contribution in [0.5, 0.6) is 0 Å². The molecule has 0 aromatic heterocycles. The summed E-state index contributed by atoms with van der Waals surface area (Å²) in [6, 6.07) is 13.3. The zero-order valence-electron chi connectivity index (χ0n) is 20.0. The molecule has 2 aromatic carbocycles. The number of hydrogen-bond acceptors (Lipinski definition) is 5. The molecule has 2 saturated heterocycles. The number of amides is 1. The third-order valence-corrected chi connectivity index (χ3v) is 10.5. The molecule has 190 valence electrons. The highest BCUT2D eigenvalue weighted by atomic mass is 32.2. The Bertz CT molecular complexity index is 1240. The van der Waals surface area contributed by atoms with Crippen LogP contribution in [0.15, 0.2) is 58.3 Å². The van der Waals surface area contributed by atoms with Crippen molar-refractivity contribution in [1.82, 2.24) is 13.9 Å². The smallest absolute Gasteiger partial charge is 0.243 e. The van der Waals surface area contributed by atoms with Gasteiger partial charge in [0.05, 0.1) is 15.7 Å². The van der Waals surface area contributed by atoms with Crippen LogP contribution in [0.4, 0.5) is 0 Å². The Labute approximate surface area is 208 Å². The molecule has 10 heteroatoms. The Hall–Kier alpha value is -2.27. The average molecular weight is 520 g/mol. The lowest BCUT2D eigenvalue weighted by molar-refractivity contribution is -0.126. The van der Waals surface area contributed by atoms with Gasteiger partial charge in [-0.1, -0.05) is 36.2 Å². The van der Waals surface area contributed by atoms with E-state index in [9.17, 15) is 21.6 Å². The lowest BCUT2D eigenvalue weighted by Crippen LogP contribution is -2.45. The molecular weight excluding hydrogens is 486 g/mol. The second kappa shape index (κ2) is 10.8. The highest BCUT2D eigenvalue weighted by molar-refractivity contribution is 7.89. The van der Waals surface area contributed by atoms with Crippen molar-refractivity contribution in [3.05, 3.63) is 59.7 Å². The summed E-state index contributed by atoms with van der Waals surface area (Å²) < 4.78 is 54.6. The second-order valence-corrected chi connectivity index (χ2v) is 13.2. The molecule has 1 amide bonds. The minimum absolute atomic E-state index is 0.148. The number of aryl methyl sites for hydroxylation is 1. The number of carbonyl (C=O) groups is 1. The Kier molecular flexibility index (Phi) is 7.95. The number of benzene rings is 2. The number of piperidine rings is 2. The van der Waals surface area contributed by atoms with E-state index in [2.05, 4.69) is 5.32 Å². The van der Waals surface area contributed by atoms with Crippen LogP contribution in [-0.2, 0) is 31.4 Å². The van der Waals surface area contributed by atoms with E-state index < -0.39 is 26.0 Å². The van der Waals surface area contributed by atoms with Crippen LogP contribution in [-0.4, -0.2) is 57.5 Å². The Morgan fingerprint density at radius 2 is 1.34 bits per heavy atom. The number of hydrogen-bond donors (Lipinski definition) is 1. The summed E-state index contributed by atoms with van der Waals surface area (Å²) in [6.45, 7) is 3.81. The Morgan fingerprint density at radius 3 is 1.97 bits per heavy atom. The molecule has 2 heterocycles. The minimum atomic E-state index is -3.65. The molecule has 0 unspecified atom stereocenters. The molecule has 2 fully saturated rings. The van der Waals surface area contributed by atoms with Gasteiger partial charge in [-0.3, -0.25) is 4.79 Å². The van der Waals surface area contributed by atoms with Gasteiger partial charge in [-0.15, -0.1) is 0 Å². The highest BCUT2D eigenvalue weighted by Gasteiger charge is 2.33. The first-order valence-electron chi connectivity index (χ1n) is 12.1. The third-order valence-electron chi connectivity index (χ3n) is 6.76. The van der Waals surface area contributed by atoms with Crippen LogP contribution in [0.2, 0.25) is 0 Å². The summed E-state index contributed by atoms with van der Waals surface area (Å²) in [5, 5.41) is 2.89. The summed E-state index contributed by atoms with van der Waals surface area (Å²) in [7, 11) is -7.14. The lowest BCUT2D eigenvalue weighted by atomic mass is 9.99. The fourth-order valence-electron chi connectivity index (χ4n) is 4.60. The standard InChI is InChI=1S/C25H33N3O5S2/c1-20-7-11-23(12-8-20)35(32,33)28-17-5-6-22(19-28)25(29)26-18-21-9-13-24(14-10-21)34(30,31)27-15-3-2-4-16-27/h7-14,22H,2-6,15-19H2,1H3,(H,26,29)/t22-/m0/s1. The maximum atomic E-state index is 13.0. The molecule has 4 rings (SSSR count). The van der Waals surface area contributed by atoms with E-state index in [0.717, 1.165) is 30.4 Å².